The standard InChI is InChI=1S/C23H18N4O6/c1-3-13-6-5-7-14(4-2)22(13)24-23-18-10-15(25(28)29)8-9-17(18)21-19(23)11-16(26(30)31)12-20(21)27(32)33/h5-12H,3-4H2,1-2H3/b24-23-. The van der Waals surface area contributed by atoms with E-state index in [-0.39, 0.29) is 22.5 Å². The molecule has 0 N–H and O–H groups in total. The number of nitro benzene ring substituents is 3. The van der Waals surface area contributed by atoms with E-state index in [0.29, 0.717) is 29.7 Å². The Morgan fingerprint density at radius 1 is 0.727 bits per heavy atom. The number of aryl methyl sites for hydroxylation is 2. The summed E-state index contributed by atoms with van der Waals surface area (Å²) < 4.78 is 0. The monoisotopic (exact) mass is 446 g/mol. The third-order valence-electron chi connectivity index (χ3n) is 5.69. The van der Waals surface area contributed by atoms with E-state index >= 15 is 0 Å². The van der Waals surface area contributed by atoms with Gasteiger partial charge in [-0.2, -0.15) is 0 Å². The Hall–Kier alpha value is -4.47. The van der Waals surface area contributed by atoms with Crippen molar-refractivity contribution >= 4 is 28.5 Å². The number of hydrogen-bond donors (Lipinski definition) is 0. The fraction of sp³-hybridized carbons (Fsp3) is 0.174. The van der Waals surface area contributed by atoms with Crippen LogP contribution in [0.1, 0.15) is 36.1 Å². The van der Waals surface area contributed by atoms with Crippen molar-refractivity contribution in [3.8, 4) is 11.1 Å². The maximum absolute atomic E-state index is 11.8. The molecule has 1 aliphatic rings. The Balaban J connectivity index is 2.13. The molecule has 10 heteroatoms. The minimum Gasteiger partial charge on any atom is -0.258 e. The van der Waals surface area contributed by atoms with Gasteiger partial charge in [-0.1, -0.05) is 32.0 Å². The smallest absolute Gasteiger partial charge is 0.258 e. The van der Waals surface area contributed by atoms with E-state index in [2.05, 4.69) is 0 Å². The summed E-state index contributed by atoms with van der Waals surface area (Å²) in [5.74, 6) is 0. The van der Waals surface area contributed by atoms with Crippen LogP contribution in [0.15, 0.2) is 53.5 Å². The summed E-state index contributed by atoms with van der Waals surface area (Å²) in [5, 5.41) is 34.8. The predicted octanol–water partition coefficient (Wildman–Crippen LogP) is 5.69. The quantitative estimate of drug-likeness (QED) is 0.275. The number of rotatable bonds is 6. The first-order valence-electron chi connectivity index (χ1n) is 10.2. The number of benzene rings is 3. The van der Waals surface area contributed by atoms with Gasteiger partial charge in [0.25, 0.3) is 17.1 Å². The lowest BCUT2D eigenvalue weighted by Gasteiger charge is -2.11. The highest BCUT2D eigenvalue weighted by atomic mass is 16.6. The maximum Gasteiger partial charge on any atom is 0.284 e. The SMILES string of the molecule is CCc1cccc(CC)c1/N=C1/c2cc([N+](=O)[O-])ccc2-c2c1cc([N+](=O)[O-])cc2[N+](=O)[O-]. The second-order valence-corrected chi connectivity index (χ2v) is 7.48. The Morgan fingerprint density at radius 2 is 1.33 bits per heavy atom. The van der Waals surface area contributed by atoms with Crippen LogP contribution in [-0.4, -0.2) is 20.5 Å². The molecule has 10 nitrogen and oxygen atoms in total. The number of aliphatic imine (C=N–C) groups is 1. The first-order chi connectivity index (χ1) is 15.8. The summed E-state index contributed by atoms with van der Waals surface area (Å²) in [6.45, 7) is 3.94. The van der Waals surface area contributed by atoms with Crippen LogP contribution in [0.25, 0.3) is 11.1 Å². The fourth-order valence-corrected chi connectivity index (χ4v) is 4.13. The largest absolute Gasteiger partial charge is 0.284 e. The lowest BCUT2D eigenvalue weighted by atomic mass is 10.0. The summed E-state index contributed by atoms with van der Waals surface area (Å²) in [6, 6.07) is 11.9. The molecule has 0 spiro atoms. The van der Waals surface area contributed by atoms with Gasteiger partial charge in [-0.15, -0.1) is 0 Å². The lowest BCUT2D eigenvalue weighted by Crippen LogP contribution is -2.02. The highest BCUT2D eigenvalue weighted by Crippen LogP contribution is 2.46. The van der Waals surface area contributed by atoms with Crippen LogP contribution >= 0.6 is 0 Å². The highest BCUT2D eigenvalue weighted by molar-refractivity contribution is 6.27. The number of hydrogen-bond acceptors (Lipinski definition) is 7. The normalized spacial score (nSPS) is 13.0. The van der Waals surface area contributed by atoms with E-state index in [1.165, 1.54) is 24.3 Å². The Labute approximate surface area is 187 Å². The molecule has 0 heterocycles. The van der Waals surface area contributed by atoms with Crippen molar-refractivity contribution in [3.63, 3.8) is 0 Å². The van der Waals surface area contributed by atoms with E-state index in [0.717, 1.165) is 17.2 Å². The van der Waals surface area contributed by atoms with Gasteiger partial charge in [0.1, 0.15) is 0 Å². The minimum absolute atomic E-state index is 0.168. The zero-order chi connectivity index (χ0) is 23.9. The summed E-state index contributed by atoms with van der Waals surface area (Å²) in [6.07, 6.45) is 1.34. The summed E-state index contributed by atoms with van der Waals surface area (Å²) in [4.78, 5) is 37.6. The number of fused-ring (bicyclic) bond motifs is 3. The number of non-ortho nitro benzene ring substituents is 2. The van der Waals surface area contributed by atoms with Gasteiger partial charge in [0.05, 0.1) is 37.8 Å². The number of nitrogens with zero attached hydrogens (tertiary/aromatic N) is 4. The third-order valence-corrected chi connectivity index (χ3v) is 5.69. The van der Waals surface area contributed by atoms with Crippen molar-refractivity contribution in [2.75, 3.05) is 0 Å². The van der Waals surface area contributed by atoms with Gasteiger partial charge < -0.3 is 0 Å². The Bertz CT molecular complexity index is 1360. The van der Waals surface area contributed by atoms with E-state index in [4.69, 9.17) is 4.99 Å². The predicted molar refractivity (Wildman–Crippen MR) is 122 cm³/mol. The molecule has 0 aliphatic heterocycles. The van der Waals surface area contributed by atoms with Gasteiger partial charge in [0, 0.05) is 29.3 Å². The number of nitro groups is 3. The second kappa shape index (κ2) is 8.23. The van der Waals surface area contributed by atoms with Gasteiger partial charge in [0.15, 0.2) is 0 Å². The molecule has 0 saturated carbocycles. The van der Waals surface area contributed by atoms with E-state index in [1.807, 2.05) is 32.0 Å². The van der Waals surface area contributed by atoms with Gasteiger partial charge >= 0.3 is 0 Å². The summed E-state index contributed by atoms with van der Waals surface area (Å²) in [5.41, 5.74) is 2.76. The summed E-state index contributed by atoms with van der Waals surface area (Å²) in [7, 11) is 0. The molecular weight excluding hydrogens is 428 g/mol. The molecule has 0 saturated heterocycles. The van der Waals surface area contributed by atoms with Crippen LogP contribution < -0.4 is 0 Å². The average Bonchev–Trinajstić information content (AvgIpc) is 3.11. The minimum atomic E-state index is -0.701. The molecule has 1 aliphatic carbocycles. The van der Waals surface area contributed by atoms with Crippen molar-refractivity contribution in [2.45, 2.75) is 26.7 Å². The first-order valence-corrected chi connectivity index (χ1v) is 10.2. The summed E-state index contributed by atoms with van der Waals surface area (Å²) >= 11 is 0. The second-order valence-electron chi connectivity index (χ2n) is 7.48. The average molecular weight is 446 g/mol. The van der Waals surface area contributed by atoms with E-state index in [9.17, 15) is 30.3 Å². The number of para-hydroxylation sites is 1. The molecule has 3 aromatic rings. The van der Waals surface area contributed by atoms with Crippen LogP contribution in [0.5, 0.6) is 0 Å². The van der Waals surface area contributed by atoms with Crippen LogP contribution in [0.4, 0.5) is 22.7 Å². The topological polar surface area (TPSA) is 142 Å². The fourth-order valence-electron chi connectivity index (χ4n) is 4.13. The van der Waals surface area contributed by atoms with Crippen LogP contribution in [-0.2, 0) is 12.8 Å². The zero-order valence-corrected chi connectivity index (χ0v) is 17.8. The zero-order valence-electron chi connectivity index (χ0n) is 17.8. The highest BCUT2D eigenvalue weighted by Gasteiger charge is 2.36. The van der Waals surface area contributed by atoms with Crippen LogP contribution in [0.2, 0.25) is 0 Å². The molecule has 166 valence electrons. The van der Waals surface area contributed by atoms with E-state index in [1.54, 1.807) is 0 Å². The molecule has 0 unspecified atom stereocenters. The molecule has 4 rings (SSSR count). The van der Waals surface area contributed by atoms with Crippen molar-refractivity contribution in [1.82, 2.24) is 0 Å². The third kappa shape index (κ3) is 3.61. The van der Waals surface area contributed by atoms with Gasteiger partial charge in [-0.05, 0) is 35.6 Å². The van der Waals surface area contributed by atoms with Gasteiger partial charge in [0.2, 0.25) is 0 Å². The van der Waals surface area contributed by atoms with Crippen molar-refractivity contribution in [2.24, 2.45) is 4.99 Å². The first kappa shape index (κ1) is 21.8. The molecule has 0 aromatic heterocycles. The molecule has 0 bridgehead atoms. The van der Waals surface area contributed by atoms with Crippen molar-refractivity contribution in [3.05, 3.63) is 101 Å². The molecule has 0 atom stereocenters. The van der Waals surface area contributed by atoms with Gasteiger partial charge in [-0.25, -0.2) is 4.99 Å². The van der Waals surface area contributed by atoms with Crippen molar-refractivity contribution < 1.29 is 14.8 Å². The molecule has 0 radical (unpaired) electrons. The van der Waals surface area contributed by atoms with Gasteiger partial charge in [-0.3, -0.25) is 30.3 Å². The molecule has 33 heavy (non-hydrogen) atoms. The lowest BCUT2D eigenvalue weighted by molar-refractivity contribution is -0.393. The molecule has 0 fully saturated rings. The molecular formula is C23H18N4O6. The Morgan fingerprint density at radius 3 is 1.88 bits per heavy atom. The van der Waals surface area contributed by atoms with Crippen molar-refractivity contribution in [1.29, 1.82) is 0 Å². The van der Waals surface area contributed by atoms with Crippen LogP contribution in [0, 0.1) is 30.3 Å². The maximum atomic E-state index is 11.8. The molecule has 0 amide bonds. The Kier molecular flexibility index (Phi) is 5.42. The van der Waals surface area contributed by atoms with E-state index < -0.39 is 26.1 Å². The molecule has 3 aromatic carbocycles. The van der Waals surface area contributed by atoms with Crippen LogP contribution in [0.3, 0.4) is 0 Å².